The van der Waals surface area contributed by atoms with Crippen molar-refractivity contribution >= 4 is 16.8 Å². The number of pyridine rings is 1. The maximum Gasteiger partial charge on any atom is 0.231 e. The minimum Gasteiger partial charge on any atom is -0.454 e. The van der Waals surface area contributed by atoms with Crippen molar-refractivity contribution in [2.45, 2.75) is 39.2 Å². The third-order valence-electron chi connectivity index (χ3n) is 4.54. The second-order valence-corrected chi connectivity index (χ2v) is 6.02. The Kier molecular flexibility index (Phi) is 2.96. The molecule has 5 heteroatoms. The van der Waals surface area contributed by atoms with Gasteiger partial charge in [-0.05, 0) is 43.4 Å². The fourth-order valence-electron chi connectivity index (χ4n) is 3.46. The van der Waals surface area contributed by atoms with E-state index in [1.807, 2.05) is 12.1 Å². The zero-order chi connectivity index (χ0) is 15.3. The summed E-state index contributed by atoms with van der Waals surface area (Å²) >= 11 is 0. The number of hydrogen-bond acceptors (Lipinski definition) is 4. The Hall–Kier alpha value is -2.30. The lowest BCUT2D eigenvalue weighted by molar-refractivity contribution is -0.119. The fraction of sp³-hybridized carbons (Fsp3) is 0.412. The molecule has 1 N–H and O–H groups in total. The van der Waals surface area contributed by atoms with E-state index in [2.05, 4.69) is 12.2 Å². The zero-order valence-electron chi connectivity index (χ0n) is 12.7. The third kappa shape index (κ3) is 2.08. The number of fused-ring (bicyclic) bond motifs is 3. The maximum atomic E-state index is 11.3. The van der Waals surface area contributed by atoms with Crippen molar-refractivity contribution in [3.05, 3.63) is 29.0 Å². The lowest BCUT2D eigenvalue weighted by Crippen LogP contribution is -2.38. The normalized spacial score (nSPS) is 19.1. The largest absolute Gasteiger partial charge is 0.454 e. The smallest absolute Gasteiger partial charge is 0.231 e. The molecule has 2 heterocycles. The first kappa shape index (κ1) is 13.4. The summed E-state index contributed by atoms with van der Waals surface area (Å²) in [5, 5.41) is 4.13. The molecule has 0 bridgehead atoms. The van der Waals surface area contributed by atoms with Gasteiger partial charge in [-0.1, -0.05) is 0 Å². The summed E-state index contributed by atoms with van der Waals surface area (Å²) in [6.45, 7) is 3.97. The third-order valence-corrected chi connectivity index (χ3v) is 4.54. The van der Waals surface area contributed by atoms with Crippen molar-refractivity contribution in [3.63, 3.8) is 0 Å². The molecule has 1 aromatic carbocycles. The van der Waals surface area contributed by atoms with Crippen molar-refractivity contribution in [2.75, 3.05) is 6.79 Å². The highest BCUT2D eigenvalue weighted by atomic mass is 16.7. The van der Waals surface area contributed by atoms with Crippen LogP contribution in [-0.4, -0.2) is 23.7 Å². The predicted octanol–water partition coefficient (Wildman–Crippen LogP) is 2.27. The molecular weight excluding hydrogens is 280 g/mol. The number of aryl methyl sites for hydroxylation is 2. The van der Waals surface area contributed by atoms with Gasteiger partial charge in [0.05, 0.1) is 5.52 Å². The first-order valence-corrected chi connectivity index (χ1v) is 7.60. The SMILES string of the molecule is CC(=O)N[C@@H]1CCc2nc3cc4c(cc3c(C)c2C1)OCO4. The van der Waals surface area contributed by atoms with E-state index in [-0.39, 0.29) is 18.7 Å². The highest BCUT2D eigenvalue weighted by Crippen LogP contribution is 2.38. The first-order chi connectivity index (χ1) is 10.6. The highest BCUT2D eigenvalue weighted by Gasteiger charge is 2.24. The van der Waals surface area contributed by atoms with Gasteiger partial charge in [0.1, 0.15) is 0 Å². The number of ether oxygens (including phenoxy) is 2. The molecule has 1 atom stereocenters. The molecule has 5 nitrogen and oxygen atoms in total. The Morgan fingerprint density at radius 3 is 2.86 bits per heavy atom. The van der Waals surface area contributed by atoms with Gasteiger partial charge in [-0.3, -0.25) is 9.78 Å². The van der Waals surface area contributed by atoms with Crippen LogP contribution in [0.5, 0.6) is 11.5 Å². The van der Waals surface area contributed by atoms with Crippen molar-refractivity contribution in [2.24, 2.45) is 0 Å². The lowest BCUT2D eigenvalue weighted by atomic mass is 9.87. The molecule has 1 aliphatic heterocycles. The van der Waals surface area contributed by atoms with Crippen LogP contribution in [0.4, 0.5) is 0 Å². The number of carbonyl (C=O) groups is 1. The Labute approximate surface area is 128 Å². The van der Waals surface area contributed by atoms with Crippen LogP contribution in [0.25, 0.3) is 10.9 Å². The summed E-state index contributed by atoms with van der Waals surface area (Å²) in [7, 11) is 0. The van der Waals surface area contributed by atoms with Crippen molar-refractivity contribution in [3.8, 4) is 11.5 Å². The summed E-state index contributed by atoms with van der Waals surface area (Å²) in [6, 6.07) is 4.18. The minimum absolute atomic E-state index is 0.0308. The van der Waals surface area contributed by atoms with Crippen LogP contribution in [0, 0.1) is 6.92 Å². The van der Waals surface area contributed by atoms with E-state index in [0.29, 0.717) is 0 Å². The molecule has 2 aromatic rings. The maximum absolute atomic E-state index is 11.3. The van der Waals surface area contributed by atoms with Crippen molar-refractivity contribution in [1.29, 1.82) is 0 Å². The quantitative estimate of drug-likeness (QED) is 0.877. The average Bonchev–Trinajstić information content (AvgIpc) is 2.93. The average molecular weight is 298 g/mol. The number of carbonyl (C=O) groups excluding carboxylic acids is 1. The van der Waals surface area contributed by atoms with E-state index in [1.54, 1.807) is 6.92 Å². The molecule has 1 aromatic heterocycles. The Morgan fingerprint density at radius 1 is 1.32 bits per heavy atom. The van der Waals surface area contributed by atoms with Crippen LogP contribution in [0.3, 0.4) is 0 Å². The molecule has 1 amide bonds. The van der Waals surface area contributed by atoms with Crippen molar-refractivity contribution in [1.82, 2.24) is 10.3 Å². The summed E-state index contributed by atoms with van der Waals surface area (Å²) < 4.78 is 10.9. The summed E-state index contributed by atoms with van der Waals surface area (Å²) in [5.41, 5.74) is 4.59. The minimum atomic E-state index is 0.0308. The van der Waals surface area contributed by atoms with E-state index < -0.39 is 0 Å². The number of benzene rings is 1. The second kappa shape index (κ2) is 4.87. The van der Waals surface area contributed by atoms with E-state index >= 15 is 0 Å². The van der Waals surface area contributed by atoms with Gasteiger partial charge in [-0.25, -0.2) is 0 Å². The first-order valence-electron chi connectivity index (χ1n) is 7.60. The molecular formula is C17H18N2O3. The summed E-state index contributed by atoms with van der Waals surface area (Å²) in [5.74, 6) is 1.58. The number of hydrogen-bond donors (Lipinski definition) is 1. The van der Waals surface area contributed by atoms with Gasteiger partial charge in [0.25, 0.3) is 0 Å². The highest BCUT2D eigenvalue weighted by molar-refractivity contribution is 5.87. The topological polar surface area (TPSA) is 60.5 Å². The van der Waals surface area contributed by atoms with Gasteiger partial charge in [0.2, 0.25) is 12.7 Å². The van der Waals surface area contributed by atoms with Gasteiger partial charge in [0.15, 0.2) is 11.5 Å². The monoisotopic (exact) mass is 298 g/mol. The molecule has 0 spiro atoms. The molecule has 22 heavy (non-hydrogen) atoms. The molecule has 0 saturated carbocycles. The molecule has 0 unspecified atom stereocenters. The van der Waals surface area contributed by atoms with Crippen LogP contribution in [0.2, 0.25) is 0 Å². The number of aromatic nitrogens is 1. The van der Waals surface area contributed by atoms with Gasteiger partial charge < -0.3 is 14.8 Å². The van der Waals surface area contributed by atoms with Gasteiger partial charge in [-0.2, -0.15) is 0 Å². The van der Waals surface area contributed by atoms with Crippen LogP contribution in [0.15, 0.2) is 12.1 Å². The standard InChI is InChI=1S/C17H18N2O3/c1-9-12-5-11(18-10(2)20)3-4-14(12)19-15-7-17-16(6-13(9)15)21-8-22-17/h6-7,11H,3-5,8H2,1-2H3,(H,18,20)/t11-/m1/s1. The molecule has 0 fully saturated rings. The molecule has 2 aliphatic rings. The number of nitrogens with one attached hydrogen (secondary N) is 1. The number of rotatable bonds is 1. The van der Waals surface area contributed by atoms with Crippen LogP contribution in [-0.2, 0) is 17.6 Å². The molecule has 4 rings (SSSR count). The summed E-state index contributed by atoms with van der Waals surface area (Å²) in [4.78, 5) is 16.1. The Balaban J connectivity index is 1.80. The van der Waals surface area contributed by atoms with E-state index in [1.165, 1.54) is 11.1 Å². The second-order valence-electron chi connectivity index (χ2n) is 6.02. The molecule has 0 saturated heterocycles. The van der Waals surface area contributed by atoms with Crippen LogP contribution in [0.1, 0.15) is 30.2 Å². The van der Waals surface area contributed by atoms with Crippen LogP contribution < -0.4 is 14.8 Å². The molecule has 1 aliphatic carbocycles. The molecule has 114 valence electrons. The fourth-order valence-corrected chi connectivity index (χ4v) is 3.46. The predicted molar refractivity (Wildman–Crippen MR) is 82.2 cm³/mol. The number of amides is 1. The van der Waals surface area contributed by atoms with E-state index in [9.17, 15) is 4.79 Å². The Bertz CT molecular complexity index is 785. The van der Waals surface area contributed by atoms with E-state index in [0.717, 1.165) is 47.4 Å². The summed E-state index contributed by atoms with van der Waals surface area (Å²) in [6.07, 6.45) is 2.68. The Morgan fingerprint density at radius 2 is 2.09 bits per heavy atom. The zero-order valence-corrected chi connectivity index (χ0v) is 12.7. The lowest BCUT2D eigenvalue weighted by Gasteiger charge is -2.26. The molecule has 0 radical (unpaired) electrons. The van der Waals surface area contributed by atoms with Gasteiger partial charge in [-0.15, -0.1) is 0 Å². The number of nitrogens with zero attached hydrogens (tertiary/aromatic N) is 1. The van der Waals surface area contributed by atoms with Gasteiger partial charge >= 0.3 is 0 Å². The van der Waals surface area contributed by atoms with Crippen LogP contribution >= 0.6 is 0 Å². The van der Waals surface area contributed by atoms with Gasteiger partial charge in [0, 0.05) is 30.1 Å². The van der Waals surface area contributed by atoms with Crippen molar-refractivity contribution < 1.29 is 14.3 Å². The van der Waals surface area contributed by atoms with E-state index in [4.69, 9.17) is 14.5 Å².